The van der Waals surface area contributed by atoms with E-state index >= 15 is 0 Å². The van der Waals surface area contributed by atoms with E-state index in [0.29, 0.717) is 12.2 Å². The van der Waals surface area contributed by atoms with Gasteiger partial charge in [0, 0.05) is 62.0 Å². The molecule has 8 heteroatoms. The molecule has 2 aromatic heterocycles. The van der Waals surface area contributed by atoms with Crippen LogP contribution in [0, 0.1) is 0 Å². The molecule has 1 aromatic carbocycles. The van der Waals surface area contributed by atoms with Crippen LogP contribution in [0.2, 0.25) is 0 Å². The van der Waals surface area contributed by atoms with Crippen LogP contribution < -0.4 is 4.74 Å². The number of aryl methyl sites for hydroxylation is 1. The lowest BCUT2D eigenvalue weighted by Crippen LogP contribution is -2.35. The molecule has 0 radical (unpaired) electrons. The SMILES string of the molecule is CCn1cc(CN2CCCN(C(=O)c3ccc(OCc4cscn4)cc3)CC2)cn1. The lowest BCUT2D eigenvalue weighted by molar-refractivity contribution is 0.0761. The van der Waals surface area contributed by atoms with Crippen molar-refractivity contribution in [3.63, 3.8) is 0 Å². The highest BCUT2D eigenvalue weighted by molar-refractivity contribution is 7.07. The standard InChI is InChI=1S/C22H27N5O2S/c1-2-27-14-18(12-24-27)13-25-8-3-9-26(11-10-25)22(28)19-4-6-21(7-5-19)29-15-20-16-30-17-23-20/h4-7,12,14,16-17H,2-3,8-11,13,15H2,1H3. The Morgan fingerprint density at radius 3 is 2.77 bits per heavy atom. The quantitative estimate of drug-likeness (QED) is 0.581. The van der Waals surface area contributed by atoms with Crippen LogP contribution in [0.4, 0.5) is 0 Å². The van der Waals surface area contributed by atoms with Gasteiger partial charge in [0.25, 0.3) is 5.91 Å². The first kappa shape index (κ1) is 20.6. The number of aromatic nitrogens is 3. The summed E-state index contributed by atoms with van der Waals surface area (Å²) in [4.78, 5) is 21.5. The van der Waals surface area contributed by atoms with Gasteiger partial charge in [0.2, 0.25) is 0 Å². The predicted molar refractivity (Wildman–Crippen MR) is 117 cm³/mol. The van der Waals surface area contributed by atoms with Crippen molar-refractivity contribution in [2.45, 2.75) is 33.0 Å². The summed E-state index contributed by atoms with van der Waals surface area (Å²) >= 11 is 1.55. The van der Waals surface area contributed by atoms with Gasteiger partial charge in [-0.3, -0.25) is 14.4 Å². The van der Waals surface area contributed by atoms with E-state index < -0.39 is 0 Å². The highest BCUT2D eigenvalue weighted by atomic mass is 32.1. The maximum absolute atomic E-state index is 13.0. The molecule has 1 aliphatic rings. The molecule has 1 saturated heterocycles. The van der Waals surface area contributed by atoms with Gasteiger partial charge < -0.3 is 9.64 Å². The molecule has 158 valence electrons. The smallest absolute Gasteiger partial charge is 0.253 e. The van der Waals surface area contributed by atoms with Crippen molar-refractivity contribution in [3.05, 3.63) is 64.4 Å². The number of thiazole rings is 1. The van der Waals surface area contributed by atoms with E-state index in [1.165, 1.54) is 5.56 Å². The maximum atomic E-state index is 13.0. The summed E-state index contributed by atoms with van der Waals surface area (Å²) in [7, 11) is 0. The fraction of sp³-hybridized carbons (Fsp3) is 0.409. The summed E-state index contributed by atoms with van der Waals surface area (Å²) in [5, 5.41) is 6.32. The van der Waals surface area contributed by atoms with Gasteiger partial charge in [0.05, 0.1) is 17.4 Å². The zero-order valence-corrected chi connectivity index (χ0v) is 18.1. The number of hydrogen-bond acceptors (Lipinski definition) is 6. The fourth-order valence-corrected chi connectivity index (χ4v) is 4.14. The van der Waals surface area contributed by atoms with Crippen LogP contribution in [0.3, 0.4) is 0 Å². The van der Waals surface area contributed by atoms with Crippen LogP contribution in [-0.4, -0.2) is 56.7 Å². The second-order valence-corrected chi connectivity index (χ2v) is 8.14. The molecule has 3 aromatic rings. The second kappa shape index (κ2) is 9.86. The Hall–Kier alpha value is -2.71. The lowest BCUT2D eigenvalue weighted by Gasteiger charge is -2.22. The molecular formula is C22H27N5O2S. The van der Waals surface area contributed by atoms with Crippen molar-refractivity contribution in [1.82, 2.24) is 24.6 Å². The molecule has 0 atom stereocenters. The number of rotatable bonds is 7. The Balaban J connectivity index is 1.29. The van der Waals surface area contributed by atoms with Crippen LogP contribution >= 0.6 is 11.3 Å². The zero-order valence-electron chi connectivity index (χ0n) is 17.2. The van der Waals surface area contributed by atoms with Crippen molar-refractivity contribution in [1.29, 1.82) is 0 Å². The molecule has 0 N–H and O–H groups in total. The molecule has 1 fully saturated rings. The molecule has 0 spiro atoms. The summed E-state index contributed by atoms with van der Waals surface area (Å²) in [5.41, 5.74) is 4.64. The van der Waals surface area contributed by atoms with Crippen LogP contribution in [0.15, 0.2) is 47.5 Å². The van der Waals surface area contributed by atoms with Gasteiger partial charge in [-0.25, -0.2) is 4.98 Å². The summed E-state index contributed by atoms with van der Waals surface area (Å²) < 4.78 is 7.69. The van der Waals surface area contributed by atoms with Gasteiger partial charge >= 0.3 is 0 Å². The van der Waals surface area contributed by atoms with E-state index in [1.807, 2.05) is 45.4 Å². The van der Waals surface area contributed by atoms with Crippen LogP contribution in [-0.2, 0) is 19.7 Å². The minimum atomic E-state index is 0.0849. The number of benzene rings is 1. The fourth-order valence-electron chi connectivity index (χ4n) is 3.59. The van der Waals surface area contributed by atoms with E-state index in [4.69, 9.17) is 4.74 Å². The number of nitrogens with zero attached hydrogens (tertiary/aromatic N) is 5. The van der Waals surface area contributed by atoms with Crippen molar-refractivity contribution in [3.8, 4) is 5.75 Å². The summed E-state index contributed by atoms with van der Waals surface area (Å²) in [6.45, 7) is 7.68. The molecular weight excluding hydrogens is 398 g/mol. The average Bonchev–Trinajstić information content (AvgIpc) is 3.40. The lowest BCUT2D eigenvalue weighted by atomic mass is 10.2. The summed E-state index contributed by atoms with van der Waals surface area (Å²) in [5.74, 6) is 0.830. The number of amides is 1. The van der Waals surface area contributed by atoms with E-state index in [9.17, 15) is 4.79 Å². The van der Waals surface area contributed by atoms with Crippen LogP contribution in [0.1, 0.15) is 35.0 Å². The van der Waals surface area contributed by atoms with Gasteiger partial charge in [-0.15, -0.1) is 11.3 Å². The van der Waals surface area contributed by atoms with Crippen molar-refractivity contribution in [2.75, 3.05) is 26.2 Å². The monoisotopic (exact) mass is 425 g/mol. The van der Waals surface area contributed by atoms with Gasteiger partial charge in [-0.05, 0) is 37.6 Å². The maximum Gasteiger partial charge on any atom is 0.253 e. The molecule has 0 unspecified atom stereocenters. The Kier molecular flexibility index (Phi) is 6.76. The third-order valence-corrected chi connectivity index (χ3v) is 5.90. The Labute approximate surface area is 180 Å². The summed E-state index contributed by atoms with van der Waals surface area (Å²) in [6, 6.07) is 7.41. The molecule has 1 amide bonds. The molecule has 0 saturated carbocycles. The molecule has 0 aliphatic carbocycles. The zero-order chi connectivity index (χ0) is 20.8. The van der Waals surface area contributed by atoms with Gasteiger partial charge in [-0.2, -0.15) is 5.10 Å². The van der Waals surface area contributed by atoms with Crippen molar-refractivity contribution < 1.29 is 9.53 Å². The van der Waals surface area contributed by atoms with E-state index in [2.05, 4.69) is 28.1 Å². The second-order valence-electron chi connectivity index (χ2n) is 7.42. The Morgan fingerprint density at radius 2 is 2.03 bits per heavy atom. The number of carbonyl (C=O) groups is 1. The number of carbonyl (C=O) groups excluding carboxylic acids is 1. The average molecular weight is 426 g/mol. The number of hydrogen-bond donors (Lipinski definition) is 0. The number of ether oxygens (including phenoxy) is 1. The highest BCUT2D eigenvalue weighted by Crippen LogP contribution is 2.17. The Morgan fingerprint density at radius 1 is 1.17 bits per heavy atom. The van der Waals surface area contributed by atoms with Gasteiger partial charge in [0.15, 0.2) is 0 Å². The van der Waals surface area contributed by atoms with Crippen LogP contribution in [0.5, 0.6) is 5.75 Å². The van der Waals surface area contributed by atoms with Crippen molar-refractivity contribution >= 4 is 17.2 Å². The summed E-state index contributed by atoms with van der Waals surface area (Å²) in [6.07, 6.45) is 5.02. The molecule has 1 aliphatic heterocycles. The topological polar surface area (TPSA) is 63.5 Å². The predicted octanol–water partition coefficient (Wildman–Crippen LogP) is 3.29. The van der Waals surface area contributed by atoms with E-state index in [1.54, 1.807) is 16.8 Å². The van der Waals surface area contributed by atoms with Gasteiger partial charge in [0.1, 0.15) is 12.4 Å². The largest absolute Gasteiger partial charge is 0.487 e. The first-order valence-electron chi connectivity index (χ1n) is 10.3. The molecule has 7 nitrogen and oxygen atoms in total. The molecule has 4 rings (SSSR count). The third-order valence-electron chi connectivity index (χ3n) is 5.26. The molecule has 30 heavy (non-hydrogen) atoms. The normalized spacial score (nSPS) is 15.2. The van der Waals surface area contributed by atoms with Crippen molar-refractivity contribution in [2.24, 2.45) is 0 Å². The molecule has 0 bridgehead atoms. The minimum absolute atomic E-state index is 0.0849. The first-order chi connectivity index (χ1) is 14.7. The Bertz CT molecular complexity index is 939. The third kappa shape index (κ3) is 5.25. The van der Waals surface area contributed by atoms with Gasteiger partial charge in [-0.1, -0.05) is 0 Å². The molecule has 3 heterocycles. The highest BCUT2D eigenvalue weighted by Gasteiger charge is 2.20. The van der Waals surface area contributed by atoms with E-state index in [-0.39, 0.29) is 5.91 Å². The van der Waals surface area contributed by atoms with E-state index in [0.717, 1.165) is 57.1 Å². The van der Waals surface area contributed by atoms with Crippen LogP contribution in [0.25, 0.3) is 0 Å². The first-order valence-corrected chi connectivity index (χ1v) is 11.3. The minimum Gasteiger partial charge on any atom is -0.487 e.